The van der Waals surface area contributed by atoms with Crippen LogP contribution in [0.4, 0.5) is 0 Å². The van der Waals surface area contributed by atoms with Crippen LogP contribution in [0.1, 0.15) is 12.8 Å². The van der Waals surface area contributed by atoms with Gasteiger partial charge < -0.3 is 0 Å². The minimum atomic E-state index is -3.38. The molecule has 0 saturated carbocycles. The van der Waals surface area contributed by atoms with Crippen molar-refractivity contribution in [2.45, 2.75) is 17.1 Å². The summed E-state index contributed by atoms with van der Waals surface area (Å²) < 4.78 is 48.8. The molecular weight excluding hydrogens is 306 g/mol. The van der Waals surface area contributed by atoms with Gasteiger partial charge in [0.25, 0.3) is 10.0 Å². The van der Waals surface area contributed by atoms with Crippen LogP contribution in [0.15, 0.2) is 21.7 Å². The molecule has 0 atom stereocenters. The first-order valence-corrected chi connectivity index (χ1v) is 10.4. The highest BCUT2D eigenvalue weighted by molar-refractivity contribution is 7.91. The Labute approximate surface area is 118 Å². The standard InChI is InChI=1S/C11H17NO4S3/c1-18(13,14)9-10-4-6-12(7-5-10)19(15,16)11-3-2-8-17-11/h2-3,8,10H,4-7,9H2,1H3. The van der Waals surface area contributed by atoms with Crippen LogP contribution >= 0.6 is 11.3 Å². The molecule has 1 aliphatic rings. The Morgan fingerprint density at radius 1 is 1.26 bits per heavy atom. The number of sulfone groups is 1. The second-order valence-corrected chi connectivity index (χ2v) is 10.2. The number of thiophene rings is 1. The molecule has 19 heavy (non-hydrogen) atoms. The summed E-state index contributed by atoms with van der Waals surface area (Å²) in [5.74, 6) is 0.227. The molecule has 2 heterocycles. The van der Waals surface area contributed by atoms with Crippen LogP contribution in [-0.4, -0.2) is 46.2 Å². The quantitative estimate of drug-likeness (QED) is 0.834. The summed E-state index contributed by atoms with van der Waals surface area (Å²) in [6.07, 6.45) is 2.44. The van der Waals surface area contributed by atoms with E-state index in [1.165, 1.54) is 21.9 Å². The van der Waals surface area contributed by atoms with Gasteiger partial charge in [-0.05, 0) is 30.2 Å². The van der Waals surface area contributed by atoms with Gasteiger partial charge in [0.05, 0.1) is 5.75 Å². The summed E-state index contributed by atoms with van der Waals surface area (Å²) in [7, 11) is -6.37. The Bertz CT molecular complexity index is 611. The van der Waals surface area contributed by atoms with E-state index in [9.17, 15) is 16.8 Å². The first-order chi connectivity index (χ1) is 8.79. The maximum absolute atomic E-state index is 12.3. The zero-order valence-corrected chi connectivity index (χ0v) is 13.1. The molecule has 5 nitrogen and oxygen atoms in total. The van der Waals surface area contributed by atoms with E-state index in [-0.39, 0.29) is 11.7 Å². The largest absolute Gasteiger partial charge is 0.252 e. The second-order valence-electron chi connectivity index (χ2n) is 4.87. The third-order valence-corrected chi connectivity index (χ3v) is 7.55. The highest BCUT2D eigenvalue weighted by atomic mass is 32.2. The molecule has 0 amide bonds. The Morgan fingerprint density at radius 2 is 1.89 bits per heavy atom. The van der Waals surface area contributed by atoms with Crippen LogP contribution < -0.4 is 0 Å². The molecular formula is C11H17NO4S3. The van der Waals surface area contributed by atoms with Gasteiger partial charge in [0, 0.05) is 19.3 Å². The van der Waals surface area contributed by atoms with E-state index in [2.05, 4.69) is 0 Å². The van der Waals surface area contributed by atoms with E-state index >= 15 is 0 Å². The fourth-order valence-corrected chi connectivity index (χ4v) is 6.09. The van der Waals surface area contributed by atoms with Crippen molar-refractivity contribution in [3.63, 3.8) is 0 Å². The van der Waals surface area contributed by atoms with Gasteiger partial charge in [-0.1, -0.05) is 6.07 Å². The van der Waals surface area contributed by atoms with E-state index in [1.54, 1.807) is 17.5 Å². The highest BCUT2D eigenvalue weighted by Crippen LogP contribution is 2.26. The Kier molecular flexibility index (Phi) is 4.34. The zero-order valence-electron chi connectivity index (χ0n) is 10.6. The molecule has 1 saturated heterocycles. The van der Waals surface area contributed by atoms with Gasteiger partial charge in [0.15, 0.2) is 0 Å². The molecule has 0 aromatic carbocycles. The third-order valence-electron chi connectivity index (χ3n) is 3.20. The normalized spacial score (nSPS) is 19.6. The van der Waals surface area contributed by atoms with Gasteiger partial charge in [-0.3, -0.25) is 0 Å². The van der Waals surface area contributed by atoms with Crippen LogP contribution in [0.25, 0.3) is 0 Å². The monoisotopic (exact) mass is 323 g/mol. The van der Waals surface area contributed by atoms with Crippen molar-refractivity contribution >= 4 is 31.2 Å². The third kappa shape index (κ3) is 3.77. The van der Waals surface area contributed by atoms with E-state index in [1.807, 2.05) is 0 Å². The van der Waals surface area contributed by atoms with Gasteiger partial charge in [0.1, 0.15) is 14.0 Å². The van der Waals surface area contributed by atoms with Crippen molar-refractivity contribution in [1.82, 2.24) is 4.31 Å². The summed E-state index contributed by atoms with van der Waals surface area (Å²) in [6, 6.07) is 3.32. The van der Waals surface area contributed by atoms with Crippen LogP contribution in [-0.2, 0) is 19.9 Å². The van der Waals surface area contributed by atoms with Gasteiger partial charge in [-0.2, -0.15) is 4.31 Å². The Morgan fingerprint density at radius 3 is 2.37 bits per heavy atom. The van der Waals surface area contributed by atoms with E-state index in [0.717, 1.165) is 0 Å². The van der Waals surface area contributed by atoms with Crippen molar-refractivity contribution in [2.75, 3.05) is 25.1 Å². The molecule has 0 spiro atoms. The van der Waals surface area contributed by atoms with E-state index < -0.39 is 19.9 Å². The lowest BCUT2D eigenvalue weighted by Crippen LogP contribution is -2.39. The average Bonchev–Trinajstić information content (AvgIpc) is 2.81. The summed E-state index contributed by atoms with van der Waals surface area (Å²) in [5.41, 5.74) is 0. The molecule has 0 unspecified atom stereocenters. The van der Waals surface area contributed by atoms with Crippen LogP contribution in [0.5, 0.6) is 0 Å². The molecule has 108 valence electrons. The highest BCUT2D eigenvalue weighted by Gasteiger charge is 2.30. The molecule has 0 radical (unpaired) electrons. The number of hydrogen-bond acceptors (Lipinski definition) is 5. The average molecular weight is 323 g/mol. The molecule has 0 bridgehead atoms. The van der Waals surface area contributed by atoms with Crippen LogP contribution in [0, 0.1) is 5.92 Å². The molecule has 1 fully saturated rings. The van der Waals surface area contributed by atoms with Crippen LogP contribution in [0.3, 0.4) is 0 Å². The number of rotatable bonds is 4. The molecule has 0 N–H and O–H groups in total. The Balaban J connectivity index is 2.01. The minimum absolute atomic E-state index is 0.0739. The van der Waals surface area contributed by atoms with Crippen LogP contribution in [0.2, 0.25) is 0 Å². The summed E-state index contributed by atoms with van der Waals surface area (Å²) in [5, 5.41) is 1.74. The zero-order chi connectivity index (χ0) is 14.1. The fourth-order valence-electron chi connectivity index (χ4n) is 2.28. The van der Waals surface area contributed by atoms with Crippen molar-refractivity contribution in [1.29, 1.82) is 0 Å². The van der Waals surface area contributed by atoms with Crippen molar-refractivity contribution < 1.29 is 16.8 Å². The fraction of sp³-hybridized carbons (Fsp3) is 0.636. The van der Waals surface area contributed by atoms with Crippen molar-refractivity contribution in [2.24, 2.45) is 5.92 Å². The lowest BCUT2D eigenvalue weighted by Gasteiger charge is -2.30. The van der Waals surface area contributed by atoms with E-state index in [0.29, 0.717) is 30.1 Å². The molecule has 1 aromatic rings. The molecule has 1 aromatic heterocycles. The SMILES string of the molecule is CS(=O)(=O)CC1CCN(S(=O)(=O)c2cccs2)CC1. The van der Waals surface area contributed by atoms with Gasteiger partial charge >= 0.3 is 0 Å². The lowest BCUT2D eigenvalue weighted by molar-refractivity contribution is 0.289. The smallest absolute Gasteiger partial charge is 0.229 e. The number of nitrogens with zero attached hydrogens (tertiary/aromatic N) is 1. The number of piperidine rings is 1. The van der Waals surface area contributed by atoms with Crippen molar-refractivity contribution in [3.8, 4) is 0 Å². The van der Waals surface area contributed by atoms with Crippen molar-refractivity contribution in [3.05, 3.63) is 17.5 Å². The molecule has 2 rings (SSSR count). The summed E-state index contributed by atoms with van der Waals surface area (Å²) in [6.45, 7) is 0.806. The minimum Gasteiger partial charge on any atom is -0.229 e. The number of hydrogen-bond donors (Lipinski definition) is 0. The Hall–Kier alpha value is -0.440. The second kappa shape index (κ2) is 5.51. The van der Waals surface area contributed by atoms with E-state index in [4.69, 9.17) is 0 Å². The predicted molar refractivity (Wildman–Crippen MR) is 75.5 cm³/mol. The van der Waals surface area contributed by atoms with Gasteiger partial charge in [-0.15, -0.1) is 11.3 Å². The maximum Gasteiger partial charge on any atom is 0.252 e. The summed E-state index contributed by atoms with van der Waals surface area (Å²) >= 11 is 1.21. The number of sulfonamides is 1. The van der Waals surface area contributed by atoms with Gasteiger partial charge in [0.2, 0.25) is 0 Å². The predicted octanol–water partition coefficient (Wildman–Crippen LogP) is 1.19. The molecule has 0 aliphatic carbocycles. The first-order valence-electron chi connectivity index (χ1n) is 6.00. The summed E-state index contributed by atoms with van der Waals surface area (Å²) in [4.78, 5) is 0. The topological polar surface area (TPSA) is 71.5 Å². The molecule has 1 aliphatic heterocycles. The van der Waals surface area contributed by atoms with Gasteiger partial charge in [-0.25, -0.2) is 16.8 Å². The lowest BCUT2D eigenvalue weighted by atomic mass is 10.0. The maximum atomic E-state index is 12.3. The first kappa shape index (κ1) is 15.0. The molecule has 8 heteroatoms.